The molecule has 2 atom stereocenters. The molecule has 1 aromatic rings. The number of methoxy groups -OCH3 is 1. The molecule has 1 aliphatic heterocycles. The van der Waals surface area contributed by atoms with Crippen LogP contribution in [0.15, 0.2) is 17.0 Å². The molecule has 9 nitrogen and oxygen atoms in total. The molecule has 0 spiro atoms. The zero-order valence-electron chi connectivity index (χ0n) is 25.0. The summed E-state index contributed by atoms with van der Waals surface area (Å²) in [5.74, 6) is 1.44. The molecule has 0 aliphatic carbocycles. The fourth-order valence-corrected chi connectivity index (χ4v) is 6.51. The highest BCUT2D eigenvalue weighted by molar-refractivity contribution is 7.89. The molecule has 0 bridgehead atoms. The summed E-state index contributed by atoms with van der Waals surface area (Å²) in [7, 11) is -0.348. The first kappa shape index (κ1) is 33.5. The zero-order chi connectivity index (χ0) is 28.8. The number of likely N-dealkylation sites (N-methyl/N-ethyl adjacent to an activating group) is 1. The normalized spacial score (nSPS) is 15.8. The Hall–Kier alpha value is -1.72. The number of carbonyl (C=O) groups is 1. The summed E-state index contributed by atoms with van der Waals surface area (Å²) < 4.78 is 44.7. The van der Waals surface area contributed by atoms with Crippen LogP contribution in [0.4, 0.5) is 0 Å². The molecule has 1 heterocycles. The van der Waals surface area contributed by atoms with E-state index in [1.54, 1.807) is 45.0 Å². The lowest BCUT2D eigenvalue weighted by Gasteiger charge is -2.24. The van der Waals surface area contributed by atoms with Crippen molar-refractivity contribution >= 4 is 15.9 Å². The van der Waals surface area contributed by atoms with Gasteiger partial charge in [-0.1, -0.05) is 20.3 Å². The van der Waals surface area contributed by atoms with Crippen molar-refractivity contribution in [2.45, 2.75) is 64.7 Å². The van der Waals surface area contributed by atoms with Crippen molar-refractivity contribution in [3.63, 3.8) is 0 Å². The standard InChI is InChI=1S/C29H51N3O6S/c1-7-26(11-10-23(2)21-38-17-15-32-13-8-9-14-32)20-31(5)28(33)22-37-16-12-30-39(34,35)29-24(3)18-27(36-6)19-25(29)4/h18-19,23,26,30H,7-17,20-22H2,1-6H3/t23?,26-/m0/s1. The van der Waals surface area contributed by atoms with E-state index in [1.807, 2.05) is 0 Å². The second kappa shape index (κ2) is 17.2. The van der Waals surface area contributed by atoms with E-state index in [0.717, 1.165) is 39.0 Å². The summed E-state index contributed by atoms with van der Waals surface area (Å²) >= 11 is 0. The fraction of sp³-hybridized carbons (Fsp3) is 0.759. The first-order valence-electron chi connectivity index (χ1n) is 14.3. The van der Waals surface area contributed by atoms with Gasteiger partial charge in [0.15, 0.2) is 0 Å². The molecule has 1 fully saturated rings. The van der Waals surface area contributed by atoms with Gasteiger partial charge in [-0.15, -0.1) is 0 Å². The highest BCUT2D eigenvalue weighted by Crippen LogP contribution is 2.25. The molecule has 2 rings (SSSR count). The Bertz CT molecular complexity index is 958. The highest BCUT2D eigenvalue weighted by atomic mass is 32.2. The van der Waals surface area contributed by atoms with Crippen LogP contribution in [0.3, 0.4) is 0 Å². The summed E-state index contributed by atoms with van der Waals surface area (Å²) in [6.07, 6.45) is 5.76. The number of nitrogens with one attached hydrogen (secondary N) is 1. The topological polar surface area (TPSA) is 97.4 Å². The molecule has 1 unspecified atom stereocenters. The Morgan fingerprint density at radius 1 is 1.10 bits per heavy atom. The van der Waals surface area contributed by atoms with Gasteiger partial charge in [-0.2, -0.15) is 0 Å². The van der Waals surface area contributed by atoms with Crippen LogP contribution in [0.2, 0.25) is 0 Å². The van der Waals surface area contributed by atoms with Crippen LogP contribution in [0, 0.1) is 25.7 Å². The van der Waals surface area contributed by atoms with Gasteiger partial charge < -0.3 is 24.0 Å². The van der Waals surface area contributed by atoms with Gasteiger partial charge in [0.05, 0.1) is 25.2 Å². The van der Waals surface area contributed by atoms with E-state index in [0.29, 0.717) is 35.3 Å². The number of hydrogen-bond donors (Lipinski definition) is 1. The maximum atomic E-state index is 12.8. The van der Waals surface area contributed by atoms with Gasteiger partial charge in [0.25, 0.3) is 0 Å². The lowest BCUT2D eigenvalue weighted by atomic mass is 9.95. The lowest BCUT2D eigenvalue weighted by Crippen LogP contribution is -2.35. The molecular formula is C29H51N3O6S. The maximum Gasteiger partial charge on any atom is 0.248 e. The minimum atomic E-state index is -3.70. The van der Waals surface area contributed by atoms with Crippen LogP contribution >= 0.6 is 0 Å². The van der Waals surface area contributed by atoms with Gasteiger partial charge in [0.2, 0.25) is 15.9 Å². The summed E-state index contributed by atoms with van der Waals surface area (Å²) in [5, 5.41) is 0. The van der Waals surface area contributed by atoms with Crippen molar-refractivity contribution in [2.75, 3.05) is 73.3 Å². The third-order valence-electron chi connectivity index (χ3n) is 7.46. The van der Waals surface area contributed by atoms with E-state index in [-0.39, 0.29) is 30.6 Å². The minimum Gasteiger partial charge on any atom is -0.497 e. The van der Waals surface area contributed by atoms with Crippen LogP contribution in [0.5, 0.6) is 5.75 Å². The number of benzene rings is 1. The second-order valence-electron chi connectivity index (χ2n) is 10.9. The largest absolute Gasteiger partial charge is 0.497 e. The summed E-state index contributed by atoms with van der Waals surface area (Å²) in [4.78, 5) is 17.0. The van der Waals surface area contributed by atoms with Crippen molar-refractivity contribution in [2.24, 2.45) is 11.8 Å². The molecule has 10 heteroatoms. The second-order valence-corrected chi connectivity index (χ2v) is 12.6. The van der Waals surface area contributed by atoms with Crippen molar-refractivity contribution in [3.8, 4) is 5.75 Å². The van der Waals surface area contributed by atoms with Crippen molar-refractivity contribution < 1.29 is 27.4 Å². The number of hydrogen-bond acceptors (Lipinski definition) is 7. The highest BCUT2D eigenvalue weighted by Gasteiger charge is 2.21. The number of sulfonamides is 1. The number of aryl methyl sites for hydroxylation is 2. The Kier molecular flexibility index (Phi) is 14.7. The van der Waals surface area contributed by atoms with Crippen molar-refractivity contribution in [1.29, 1.82) is 0 Å². The average molecular weight is 570 g/mol. The van der Waals surface area contributed by atoms with Gasteiger partial charge in [0, 0.05) is 33.3 Å². The van der Waals surface area contributed by atoms with E-state index < -0.39 is 10.0 Å². The van der Waals surface area contributed by atoms with E-state index >= 15 is 0 Å². The van der Waals surface area contributed by atoms with E-state index in [1.165, 1.54) is 25.9 Å². The Morgan fingerprint density at radius 2 is 1.77 bits per heavy atom. The van der Waals surface area contributed by atoms with Crippen molar-refractivity contribution in [3.05, 3.63) is 23.3 Å². The molecular weight excluding hydrogens is 518 g/mol. The molecule has 0 saturated carbocycles. The SMILES string of the molecule is CC[C@@H](CCC(C)COCCN1CCCC1)CN(C)C(=O)COCCNS(=O)(=O)c1c(C)cc(OC)cc1C. The third-order valence-corrected chi connectivity index (χ3v) is 9.22. The molecule has 39 heavy (non-hydrogen) atoms. The Labute approximate surface area is 236 Å². The summed E-state index contributed by atoms with van der Waals surface area (Å²) in [6.45, 7) is 13.7. The van der Waals surface area contributed by atoms with Gasteiger partial charge in [-0.25, -0.2) is 13.1 Å². The molecule has 224 valence electrons. The predicted molar refractivity (Wildman–Crippen MR) is 155 cm³/mol. The summed E-state index contributed by atoms with van der Waals surface area (Å²) in [6, 6.07) is 3.39. The number of nitrogens with zero attached hydrogens (tertiary/aromatic N) is 2. The van der Waals surface area contributed by atoms with Crippen LogP contribution in [0.1, 0.15) is 57.1 Å². The molecule has 0 aromatic heterocycles. The fourth-order valence-electron chi connectivity index (χ4n) is 5.04. The summed E-state index contributed by atoms with van der Waals surface area (Å²) in [5.41, 5.74) is 1.23. The van der Waals surface area contributed by atoms with Gasteiger partial charge in [-0.3, -0.25) is 4.79 Å². The number of ether oxygens (including phenoxy) is 3. The number of amides is 1. The molecule has 1 amide bonds. The van der Waals surface area contributed by atoms with Gasteiger partial charge in [0.1, 0.15) is 12.4 Å². The molecule has 0 radical (unpaired) electrons. The van der Waals surface area contributed by atoms with E-state index in [9.17, 15) is 13.2 Å². The lowest BCUT2D eigenvalue weighted by molar-refractivity contribution is -0.135. The number of carbonyl (C=O) groups excluding carboxylic acids is 1. The van der Waals surface area contributed by atoms with Crippen LogP contribution in [-0.2, 0) is 24.3 Å². The molecule has 1 N–H and O–H groups in total. The first-order chi connectivity index (χ1) is 18.6. The van der Waals surface area contributed by atoms with E-state index in [2.05, 4.69) is 23.5 Å². The first-order valence-corrected chi connectivity index (χ1v) is 15.8. The van der Waals surface area contributed by atoms with Crippen LogP contribution < -0.4 is 9.46 Å². The number of rotatable bonds is 19. The van der Waals surface area contributed by atoms with Gasteiger partial charge >= 0.3 is 0 Å². The molecule has 1 aromatic carbocycles. The Morgan fingerprint density at radius 3 is 2.38 bits per heavy atom. The predicted octanol–water partition coefficient (Wildman–Crippen LogP) is 3.62. The van der Waals surface area contributed by atoms with Crippen LogP contribution in [0.25, 0.3) is 0 Å². The Balaban J connectivity index is 1.63. The number of likely N-dealkylation sites (tertiary alicyclic amines) is 1. The van der Waals surface area contributed by atoms with Crippen molar-refractivity contribution in [1.82, 2.24) is 14.5 Å². The quantitative estimate of drug-likeness (QED) is 0.254. The molecule has 1 saturated heterocycles. The molecule has 1 aliphatic rings. The van der Waals surface area contributed by atoms with Crippen LogP contribution in [-0.4, -0.2) is 97.4 Å². The average Bonchev–Trinajstić information content (AvgIpc) is 3.41. The monoisotopic (exact) mass is 569 g/mol. The third kappa shape index (κ3) is 11.7. The smallest absolute Gasteiger partial charge is 0.248 e. The van der Waals surface area contributed by atoms with E-state index in [4.69, 9.17) is 14.2 Å². The minimum absolute atomic E-state index is 0.0729. The zero-order valence-corrected chi connectivity index (χ0v) is 25.8. The maximum absolute atomic E-state index is 12.8. The van der Waals surface area contributed by atoms with Gasteiger partial charge in [-0.05, 0) is 87.7 Å².